The number of tetrazole rings is 1. The van der Waals surface area contributed by atoms with Gasteiger partial charge in [-0.2, -0.15) is 0 Å². The van der Waals surface area contributed by atoms with Crippen LogP contribution < -0.4 is 0 Å². The number of aryl methyl sites for hydroxylation is 1. The minimum Gasteiger partial charge on any atom is -0.481 e. The van der Waals surface area contributed by atoms with E-state index in [2.05, 4.69) is 25.1 Å². The van der Waals surface area contributed by atoms with Crippen LogP contribution in [0, 0.1) is 0 Å². The van der Waals surface area contributed by atoms with Crippen molar-refractivity contribution in [1.29, 1.82) is 0 Å². The molecule has 0 saturated carbocycles. The summed E-state index contributed by atoms with van der Waals surface area (Å²) < 4.78 is 5.59. The lowest BCUT2D eigenvalue weighted by Gasteiger charge is -2.15. The first-order valence-electron chi connectivity index (χ1n) is 6.21. The highest BCUT2D eigenvalue weighted by molar-refractivity contribution is 7.09. The molecule has 0 bridgehead atoms. The summed E-state index contributed by atoms with van der Waals surface area (Å²) >= 11 is 1.25. The first kappa shape index (κ1) is 14.5. The highest BCUT2D eigenvalue weighted by atomic mass is 32.1. The van der Waals surface area contributed by atoms with Crippen LogP contribution in [-0.2, 0) is 16.8 Å². The van der Waals surface area contributed by atoms with E-state index in [9.17, 15) is 4.79 Å². The van der Waals surface area contributed by atoms with Crippen LogP contribution in [0.4, 0.5) is 0 Å². The zero-order chi connectivity index (χ0) is 14.8. The molecule has 0 aliphatic carbocycles. The Labute approximate surface area is 120 Å². The number of hydrogen-bond donors (Lipinski definition) is 1. The van der Waals surface area contributed by atoms with Gasteiger partial charge in [-0.3, -0.25) is 4.79 Å². The summed E-state index contributed by atoms with van der Waals surface area (Å²) in [6.07, 6.45) is 0.566. The predicted octanol–water partition coefficient (Wildman–Crippen LogP) is 1.35. The van der Waals surface area contributed by atoms with Crippen LogP contribution in [0.15, 0.2) is 0 Å². The summed E-state index contributed by atoms with van der Waals surface area (Å²) in [7, 11) is 0. The van der Waals surface area contributed by atoms with Crippen LogP contribution in [0.25, 0.3) is 10.7 Å². The van der Waals surface area contributed by atoms with Crippen molar-refractivity contribution in [3.05, 3.63) is 5.69 Å². The zero-order valence-corrected chi connectivity index (χ0v) is 12.4. The van der Waals surface area contributed by atoms with Gasteiger partial charge in [0.15, 0.2) is 5.82 Å². The first-order valence-corrected chi connectivity index (χ1v) is 6.98. The van der Waals surface area contributed by atoms with Crippen molar-refractivity contribution in [2.24, 2.45) is 0 Å². The lowest BCUT2D eigenvalue weighted by molar-refractivity contribution is -0.137. The normalized spacial score (nSPS) is 11.8. The lowest BCUT2D eigenvalue weighted by atomic mass is 9.91. The summed E-state index contributed by atoms with van der Waals surface area (Å²) in [6.45, 7) is 6.60. The van der Waals surface area contributed by atoms with Gasteiger partial charge in [-0.1, -0.05) is 25.3 Å². The molecule has 0 spiro atoms. The molecule has 2 rings (SSSR count). The number of carboxylic acid groups (broad SMARTS) is 1. The van der Waals surface area contributed by atoms with E-state index < -0.39 is 5.97 Å². The molecule has 0 unspecified atom stereocenters. The Morgan fingerprint density at radius 1 is 1.35 bits per heavy atom. The van der Waals surface area contributed by atoms with Crippen molar-refractivity contribution >= 4 is 17.5 Å². The van der Waals surface area contributed by atoms with Crippen LogP contribution in [-0.4, -0.2) is 40.9 Å². The van der Waals surface area contributed by atoms with E-state index in [1.54, 1.807) is 4.68 Å². The number of aliphatic carboxylic acids is 1. The van der Waals surface area contributed by atoms with Crippen LogP contribution in [0.1, 0.15) is 39.3 Å². The third kappa shape index (κ3) is 3.16. The van der Waals surface area contributed by atoms with Gasteiger partial charge in [0.2, 0.25) is 0 Å². The van der Waals surface area contributed by atoms with E-state index in [0.717, 1.165) is 10.6 Å². The van der Waals surface area contributed by atoms with E-state index in [0.29, 0.717) is 18.8 Å². The topological polar surface area (TPSA) is 107 Å². The Balaban J connectivity index is 2.24. The standard InChI is InChI=1S/C11H16N6O2S/c1-11(2,3)9-8(20-16-12-9)10-13-14-15-17(10)6-4-5-7(18)19/h4-6H2,1-3H3,(H,18,19). The first-order chi connectivity index (χ1) is 9.39. The molecule has 8 nitrogen and oxygen atoms in total. The number of carbonyl (C=O) groups is 1. The Kier molecular flexibility index (Phi) is 4.07. The number of hydrogen-bond acceptors (Lipinski definition) is 7. The largest absolute Gasteiger partial charge is 0.481 e. The highest BCUT2D eigenvalue weighted by Gasteiger charge is 2.26. The quantitative estimate of drug-likeness (QED) is 0.887. The molecule has 2 aromatic heterocycles. The molecule has 20 heavy (non-hydrogen) atoms. The highest BCUT2D eigenvalue weighted by Crippen LogP contribution is 2.32. The molecule has 2 aromatic rings. The Morgan fingerprint density at radius 2 is 2.10 bits per heavy atom. The maximum Gasteiger partial charge on any atom is 0.303 e. The van der Waals surface area contributed by atoms with E-state index in [-0.39, 0.29) is 11.8 Å². The van der Waals surface area contributed by atoms with Crippen molar-refractivity contribution in [2.75, 3.05) is 0 Å². The molecule has 0 aliphatic rings. The Morgan fingerprint density at radius 3 is 2.75 bits per heavy atom. The van der Waals surface area contributed by atoms with Gasteiger partial charge in [0.05, 0.1) is 5.69 Å². The average Bonchev–Trinajstić information content (AvgIpc) is 2.93. The Bertz CT molecular complexity index is 600. The number of nitrogens with zero attached hydrogens (tertiary/aromatic N) is 6. The summed E-state index contributed by atoms with van der Waals surface area (Å²) in [6, 6.07) is 0. The molecule has 2 heterocycles. The third-order valence-electron chi connectivity index (χ3n) is 2.69. The van der Waals surface area contributed by atoms with Crippen LogP contribution in [0.5, 0.6) is 0 Å². The molecular formula is C11H16N6O2S. The molecule has 1 N–H and O–H groups in total. The summed E-state index contributed by atoms with van der Waals surface area (Å²) in [4.78, 5) is 11.4. The fourth-order valence-electron chi connectivity index (χ4n) is 1.73. The molecule has 9 heteroatoms. The van der Waals surface area contributed by atoms with Crippen molar-refractivity contribution in [3.8, 4) is 10.7 Å². The number of carboxylic acids is 1. The second-order valence-corrected chi connectivity index (χ2v) is 6.18. The van der Waals surface area contributed by atoms with Gasteiger partial charge in [-0.15, -0.1) is 10.2 Å². The molecule has 0 atom stereocenters. The van der Waals surface area contributed by atoms with Crippen molar-refractivity contribution < 1.29 is 9.90 Å². The zero-order valence-electron chi connectivity index (χ0n) is 11.6. The third-order valence-corrected chi connectivity index (χ3v) is 3.42. The summed E-state index contributed by atoms with van der Waals surface area (Å²) in [5.41, 5.74) is 0.692. The number of rotatable bonds is 5. The smallest absolute Gasteiger partial charge is 0.303 e. The second kappa shape index (κ2) is 5.61. The molecule has 0 amide bonds. The summed E-state index contributed by atoms with van der Waals surface area (Å²) in [5.74, 6) is -0.232. The van der Waals surface area contributed by atoms with E-state index >= 15 is 0 Å². The fourth-order valence-corrected chi connectivity index (χ4v) is 2.59. The van der Waals surface area contributed by atoms with Crippen molar-refractivity contribution in [2.45, 2.75) is 45.6 Å². The number of aromatic nitrogens is 6. The van der Waals surface area contributed by atoms with E-state index in [1.807, 2.05) is 20.8 Å². The maximum atomic E-state index is 10.5. The molecule has 0 saturated heterocycles. The maximum absolute atomic E-state index is 10.5. The van der Waals surface area contributed by atoms with E-state index in [4.69, 9.17) is 5.11 Å². The molecule has 0 fully saturated rings. The molecular weight excluding hydrogens is 280 g/mol. The van der Waals surface area contributed by atoms with Gasteiger partial charge >= 0.3 is 5.97 Å². The van der Waals surface area contributed by atoms with Gasteiger partial charge in [0.1, 0.15) is 4.88 Å². The SMILES string of the molecule is CC(C)(C)c1nnsc1-c1nnnn1CCCC(=O)O. The van der Waals surface area contributed by atoms with Crippen LogP contribution >= 0.6 is 11.5 Å². The van der Waals surface area contributed by atoms with Crippen molar-refractivity contribution in [1.82, 2.24) is 29.8 Å². The van der Waals surface area contributed by atoms with Crippen LogP contribution in [0.2, 0.25) is 0 Å². The molecule has 0 aliphatic heterocycles. The van der Waals surface area contributed by atoms with Crippen molar-refractivity contribution in [3.63, 3.8) is 0 Å². The van der Waals surface area contributed by atoms with E-state index in [1.165, 1.54) is 11.5 Å². The van der Waals surface area contributed by atoms with Gasteiger partial charge < -0.3 is 5.11 Å². The lowest BCUT2D eigenvalue weighted by Crippen LogP contribution is -2.14. The molecule has 0 aromatic carbocycles. The van der Waals surface area contributed by atoms with Gasteiger partial charge in [0, 0.05) is 18.4 Å². The monoisotopic (exact) mass is 296 g/mol. The van der Waals surface area contributed by atoms with Gasteiger partial charge in [-0.05, 0) is 28.4 Å². The van der Waals surface area contributed by atoms with Crippen LogP contribution in [0.3, 0.4) is 0 Å². The minimum atomic E-state index is -0.825. The predicted molar refractivity (Wildman–Crippen MR) is 72.3 cm³/mol. The minimum absolute atomic E-state index is 0.0897. The molecule has 108 valence electrons. The van der Waals surface area contributed by atoms with Gasteiger partial charge in [0.25, 0.3) is 0 Å². The average molecular weight is 296 g/mol. The second-order valence-electron chi connectivity index (χ2n) is 5.42. The molecule has 0 radical (unpaired) electrons. The fraction of sp³-hybridized carbons (Fsp3) is 0.636. The Hall–Kier alpha value is -1.90. The summed E-state index contributed by atoms with van der Waals surface area (Å²) in [5, 5.41) is 24.4. The van der Waals surface area contributed by atoms with Gasteiger partial charge in [-0.25, -0.2) is 4.68 Å².